The summed E-state index contributed by atoms with van der Waals surface area (Å²) in [6.45, 7) is 2.49. The zero-order chi connectivity index (χ0) is 14.0. The van der Waals surface area contributed by atoms with Gasteiger partial charge in [-0.05, 0) is 19.8 Å². The van der Waals surface area contributed by atoms with Crippen molar-refractivity contribution in [2.75, 3.05) is 17.7 Å². The lowest BCUT2D eigenvalue weighted by Gasteiger charge is -2.28. The Hall–Kier alpha value is -1.57. The number of hydrogen-bond donors (Lipinski definition) is 2. The fourth-order valence-corrected chi connectivity index (χ4v) is 2.01. The van der Waals surface area contributed by atoms with Crippen LogP contribution in [0.1, 0.15) is 25.6 Å². The molecule has 1 aromatic heterocycles. The number of anilines is 2. The third-order valence-corrected chi connectivity index (χ3v) is 2.84. The standard InChI is InChI=1S/C11H15F3N4O/c1-6-4-7(2-3-19-6)16-9-5-8(15)17-10(18-9)11(12,13)14/h5-7H,2-4H2,1H3,(H3,15,16,17,18). The van der Waals surface area contributed by atoms with Gasteiger partial charge in [-0.15, -0.1) is 0 Å². The molecule has 8 heteroatoms. The molecule has 1 aliphatic rings. The Morgan fingerprint density at radius 1 is 1.42 bits per heavy atom. The van der Waals surface area contributed by atoms with Crippen molar-refractivity contribution in [1.29, 1.82) is 0 Å². The summed E-state index contributed by atoms with van der Waals surface area (Å²) in [7, 11) is 0. The van der Waals surface area contributed by atoms with E-state index < -0.39 is 12.0 Å². The molecule has 1 aromatic rings. The third kappa shape index (κ3) is 3.69. The van der Waals surface area contributed by atoms with Crippen molar-refractivity contribution in [3.8, 4) is 0 Å². The van der Waals surface area contributed by atoms with E-state index in [0.29, 0.717) is 13.0 Å². The second-order valence-electron chi connectivity index (χ2n) is 4.55. The summed E-state index contributed by atoms with van der Waals surface area (Å²) < 4.78 is 43.1. The van der Waals surface area contributed by atoms with Crippen LogP contribution in [0.3, 0.4) is 0 Å². The number of nitrogens with zero attached hydrogens (tertiary/aromatic N) is 2. The number of nitrogens with two attached hydrogens (primary N) is 1. The molecule has 3 N–H and O–H groups in total. The van der Waals surface area contributed by atoms with Gasteiger partial charge < -0.3 is 15.8 Å². The van der Waals surface area contributed by atoms with Crippen LogP contribution in [0.2, 0.25) is 0 Å². The van der Waals surface area contributed by atoms with E-state index in [0.717, 1.165) is 6.42 Å². The van der Waals surface area contributed by atoms with E-state index in [9.17, 15) is 13.2 Å². The van der Waals surface area contributed by atoms with Gasteiger partial charge in [0.2, 0.25) is 5.82 Å². The van der Waals surface area contributed by atoms with Gasteiger partial charge in [-0.3, -0.25) is 0 Å². The molecule has 0 amide bonds. The minimum atomic E-state index is -4.60. The Morgan fingerprint density at radius 2 is 2.16 bits per heavy atom. The van der Waals surface area contributed by atoms with Crippen LogP contribution in [0.25, 0.3) is 0 Å². The van der Waals surface area contributed by atoms with E-state index in [-0.39, 0.29) is 23.8 Å². The van der Waals surface area contributed by atoms with Gasteiger partial charge in [-0.1, -0.05) is 0 Å². The van der Waals surface area contributed by atoms with Crippen LogP contribution in [0.5, 0.6) is 0 Å². The predicted octanol–water partition coefficient (Wildman–Crippen LogP) is 2.06. The Balaban J connectivity index is 2.14. The van der Waals surface area contributed by atoms with Crippen molar-refractivity contribution in [3.63, 3.8) is 0 Å². The van der Waals surface area contributed by atoms with E-state index in [4.69, 9.17) is 10.5 Å². The molecule has 2 rings (SSSR count). The largest absolute Gasteiger partial charge is 0.451 e. The van der Waals surface area contributed by atoms with E-state index >= 15 is 0 Å². The van der Waals surface area contributed by atoms with Gasteiger partial charge >= 0.3 is 6.18 Å². The van der Waals surface area contributed by atoms with Crippen molar-refractivity contribution in [3.05, 3.63) is 11.9 Å². The van der Waals surface area contributed by atoms with E-state index in [2.05, 4.69) is 15.3 Å². The topological polar surface area (TPSA) is 73.1 Å². The van der Waals surface area contributed by atoms with E-state index in [1.54, 1.807) is 0 Å². The number of nitrogen functional groups attached to an aromatic ring is 1. The molecule has 5 nitrogen and oxygen atoms in total. The third-order valence-electron chi connectivity index (χ3n) is 2.84. The Labute approximate surface area is 108 Å². The summed E-state index contributed by atoms with van der Waals surface area (Å²) in [5.41, 5.74) is 5.37. The van der Waals surface area contributed by atoms with Crippen LogP contribution in [-0.4, -0.2) is 28.7 Å². The minimum absolute atomic E-state index is 0.0270. The van der Waals surface area contributed by atoms with Gasteiger partial charge in [0.25, 0.3) is 0 Å². The number of ether oxygens (including phenoxy) is 1. The molecule has 0 radical (unpaired) electrons. The molecule has 106 valence electrons. The average molecular weight is 276 g/mol. The molecule has 2 atom stereocenters. The first kappa shape index (κ1) is 13.9. The van der Waals surface area contributed by atoms with Gasteiger partial charge in [-0.2, -0.15) is 13.2 Å². The maximum Gasteiger partial charge on any atom is 0.451 e. The molecular weight excluding hydrogens is 261 g/mol. The van der Waals surface area contributed by atoms with Gasteiger partial charge in [0.05, 0.1) is 6.10 Å². The molecular formula is C11H15F3N4O. The van der Waals surface area contributed by atoms with Gasteiger partial charge in [0, 0.05) is 18.7 Å². The molecule has 0 aromatic carbocycles. The first-order valence-electron chi connectivity index (χ1n) is 5.94. The number of hydrogen-bond acceptors (Lipinski definition) is 5. The van der Waals surface area contributed by atoms with Gasteiger partial charge in [-0.25, -0.2) is 9.97 Å². The second kappa shape index (κ2) is 5.20. The minimum Gasteiger partial charge on any atom is -0.384 e. The highest BCUT2D eigenvalue weighted by molar-refractivity contribution is 5.45. The Kier molecular flexibility index (Phi) is 3.79. The highest BCUT2D eigenvalue weighted by atomic mass is 19.4. The summed E-state index contributed by atoms with van der Waals surface area (Å²) >= 11 is 0. The lowest BCUT2D eigenvalue weighted by atomic mass is 10.0. The summed E-state index contributed by atoms with van der Waals surface area (Å²) in [5.74, 6) is -1.33. The molecule has 0 spiro atoms. The summed E-state index contributed by atoms with van der Waals surface area (Å²) in [5, 5.41) is 2.95. The van der Waals surface area contributed by atoms with Crippen molar-refractivity contribution in [1.82, 2.24) is 9.97 Å². The summed E-state index contributed by atoms with van der Waals surface area (Å²) in [6, 6.07) is 1.33. The quantitative estimate of drug-likeness (QED) is 0.865. The highest BCUT2D eigenvalue weighted by Crippen LogP contribution is 2.28. The van der Waals surface area contributed by atoms with Crippen LogP contribution >= 0.6 is 0 Å². The van der Waals surface area contributed by atoms with E-state index in [1.807, 2.05) is 6.92 Å². The van der Waals surface area contributed by atoms with Crippen molar-refractivity contribution < 1.29 is 17.9 Å². The molecule has 0 saturated carbocycles. The van der Waals surface area contributed by atoms with Gasteiger partial charge in [0.15, 0.2) is 0 Å². The van der Waals surface area contributed by atoms with Crippen molar-refractivity contribution >= 4 is 11.6 Å². The first-order valence-corrected chi connectivity index (χ1v) is 5.94. The highest BCUT2D eigenvalue weighted by Gasteiger charge is 2.35. The summed E-state index contributed by atoms with van der Waals surface area (Å²) in [4.78, 5) is 6.65. The number of halogens is 3. The van der Waals surface area contributed by atoms with Crippen LogP contribution in [0.4, 0.5) is 24.8 Å². The number of nitrogens with one attached hydrogen (secondary N) is 1. The number of aromatic nitrogens is 2. The number of alkyl halides is 3. The van der Waals surface area contributed by atoms with Crippen LogP contribution < -0.4 is 11.1 Å². The average Bonchev–Trinajstić information content (AvgIpc) is 2.26. The first-order chi connectivity index (χ1) is 8.84. The normalized spacial score (nSPS) is 24.2. The SMILES string of the molecule is CC1CC(Nc2cc(N)nc(C(F)(F)F)n2)CCO1. The fourth-order valence-electron chi connectivity index (χ4n) is 2.01. The molecule has 2 heterocycles. The molecule has 1 fully saturated rings. The number of rotatable bonds is 2. The smallest absolute Gasteiger partial charge is 0.384 e. The zero-order valence-electron chi connectivity index (χ0n) is 10.4. The molecule has 19 heavy (non-hydrogen) atoms. The van der Waals surface area contributed by atoms with E-state index in [1.165, 1.54) is 6.07 Å². The molecule has 1 saturated heterocycles. The van der Waals surface area contributed by atoms with Crippen molar-refractivity contribution in [2.45, 2.75) is 38.1 Å². The van der Waals surface area contributed by atoms with Crippen LogP contribution in [0, 0.1) is 0 Å². The maximum atomic E-state index is 12.6. The maximum absolute atomic E-state index is 12.6. The molecule has 0 aliphatic carbocycles. The monoisotopic (exact) mass is 276 g/mol. The van der Waals surface area contributed by atoms with Crippen LogP contribution in [-0.2, 0) is 10.9 Å². The van der Waals surface area contributed by atoms with Gasteiger partial charge in [0.1, 0.15) is 11.6 Å². The zero-order valence-corrected chi connectivity index (χ0v) is 10.4. The summed E-state index contributed by atoms with van der Waals surface area (Å²) in [6.07, 6.45) is -3.09. The lowest BCUT2D eigenvalue weighted by Crippen LogP contribution is -2.33. The Morgan fingerprint density at radius 3 is 2.79 bits per heavy atom. The predicted molar refractivity (Wildman–Crippen MR) is 63.5 cm³/mol. The molecule has 0 bridgehead atoms. The molecule has 1 aliphatic heterocycles. The Bertz CT molecular complexity index is 452. The molecule has 2 unspecified atom stereocenters. The van der Waals surface area contributed by atoms with Crippen molar-refractivity contribution in [2.24, 2.45) is 0 Å². The second-order valence-corrected chi connectivity index (χ2v) is 4.55. The van der Waals surface area contributed by atoms with Crippen LogP contribution in [0.15, 0.2) is 6.07 Å². The lowest BCUT2D eigenvalue weighted by molar-refractivity contribution is -0.144. The fraction of sp³-hybridized carbons (Fsp3) is 0.636.